The summed E-state index contributed by atoms with van der Waals surface area (Å²) in [5.74, 6) is 0. The first-order valence-electron chi connectivity index (χ1n) is 7.65. The number of nitrogens with one attached hydrogen (secondary N) is 1. The number of rotatable bonds is 5. The number of aromatic nitrogens is 7. The maximum absolute atomic E-state index is 4.33. The number of nitrogens with zero attached hydrogens (tertiary/aromatic N) is 7. The summed E-state index contributed by atoms with van der Waals surface area (Å²) in [6, 6.07) is 9.96. The van der Waals surface area contributed by atoms with Crippen LogP contribution in [0.4, 0.5) is 10.8 Å². The zero-order valence-corrected chi connectivity index (χ0v) is 15.2. The maximum Gasteiger partial charge on any atom is 0.210 e. The van der Waals surface area contributed by atoms with E-state index in [0.717, 1.165) is 26.6 Å². The zero-order valence-electron chi connectivity index (χ0n) is 13.5. The lowest BCUT2D eigenvalue weighted by molar-refractivity contribution is 0.702. The summed E-state index contributed by atoms with van der Waals surface area (Å²) in [6.07, 6.45) is 0.959. The van der Waals surface area contributed by atoms with E-state index in [1.54, 1.807) is 0 Å². The van der Waals surface area contributed by atoms with Crippen LogP contribution in [0, 0.1) is 6.92 Å². The Labute approximate surface area is 151 Å². The summed E-state index contributed by atoms with van der Waals surface area (Å²) in [6.45, 7) is 4.23. The summed E-state index contributed by atoms with van der Waals surface area (Å²) in [7, 11) is 0. The molecule has 3 aromatic heterocycles. The Morgan fingerprint density at radius 3 is 2.96 bits per heavy atom. The zero-order chi connectivity index (χ0) is 17.2. The molecule has 25 heavy (non-hydrogen) atoms. The van der Waals surface area contributed by atoms with Crippen LogP contribution in [0.25, 0.3) is 5.65 Å². The molecule has 10 heteroatoms. The van der Waals surface area contributed by atoms with Crippen LogP contribution in [0.1, 0.15) is 18.1 Å². The molecular formula is C15H14N8S2. The second-order valence-electron chi connectivity index (χ2n) is 5.26. The van der Waals surface area contributed by atoms with Crippen molar-refractivity contribution >= 4 is 39.6 Å². The van der Waals surface area contributed by atoms with E-state index in [9.17, 15) is 0 Å². The maximum atomic E-state index is 4.33. The second-order valence-corrected chi connectivity index (χ2v) is 7.51. The fourth-order valence-corrected chi connectivity index (χ4v) is 4.04. The lowest BCUT2D eigenvalue weighted by atomic mass is 10.1. The van der Waals surface area contributed by atoms with Gasteiger partial charge in [0.1, 0.15) is 5.03 Å². The van der Waals surface area contributed by atoms with Gasteiger partial charge in [-0.2, -0.15) is 0 Å². The molecular weight excluding hydrogens is 356 g/mol. The molecule has 0 fully saturated rings. The lowest BCUT2D eigenvalue weighted by Gasteiger charge is -2.11. The van der Waals surface area contributed by atoms with Crippen LogP contribution in [0.2, 0.25) is 0 Å². The summed E-state index contributed by atoms with van der Waals surface area (Å²) >= 11 is 2.92. The highest BCUT2D eigenvalue weighted by molar-refractivity contribution is 8.01. The number of aryl methyl sites for hydroxylation is 2. The van der Waals surface area contributed by atoms with Crippen LogP contribution < -0.4 is 5.32 Å². The molecule has 0 amide bonds. The molecule has 0 aliphatic carbocycles. The topological polar surface area (TPSA) is 93.8 Å². The van der Waals surface area contributed by atoms with Gasteiger partial charge in [0.2, 0.25) is 5.13 Å². The average molecular weight is 370 g/mol. The third kappa shape index (κ3) is 3.30. The molecule has 0 aliphatic heterocycles. The molecule has 0 spiro atoms. The standard InChI is InChI=1S/C15H14N8S2/c1-3-10-6-4-5-9(2)13(10)16-14-18-19-15(25-14)24-12-8-7-11-17-21-22-23(11)20-12/h4-8H,3H2,1-2H3,(H,16,18). The molecule has 126 valence electrons. The van der Waals surface area contributed by atoms with Gasteiger partial charge in [-0.05, 0) is 58.8 Å². The number of hydrogen-bond donors (Lipinski definition) is 1. The van der Waals surface area contributed by atoms with Gasteiger partial charge >= 0.3 is 0 Å². The van der Waals surface area contributed by atoms with Crippen molar-refractivity contribution in [1.82, 2.24) is 35.5 Å². The Kier molecular flexibility index (Phi) is 4.28. The van der Waals surface area contributed by atoms with E-state index in [2.05, 4.69) is 68.2 Å². The monoisotopic (exact) mass is 370 g/mol. The summed E-state index contributed by atoms with van der Waals surface area (Å²) in [5.41, 5.74) is 4.16. The van der Waals surface area contributed by atoms with Crippen molar-refractivity contribution in [1.29, 1.82) is 0 Å². The van der Waals surface area contributed by atoms with E-state index >= 15 is 0 Å². The van der Waals surface area contributed by atoms with Crippen LogP contribution in [-0.2, 0) is 6.42 Å². The van der Waals surface area contributed by atoms with Crippen LogP contribution in [-0.4, -0.2) is 35.5 Å². The van der Waals surface area contributed by atoms with E-state index in [0.29, 0.717) is 5.65 Å². The van der Waals surface area contributed by atoms with Crippen LogP contribution in [0.15, 0.2) is 39.7 Å². The van der Waals surface area contributed by atoms with Gasteiger partial charge in [0.25, 0.3) is 0 Å². The van der Waals surface area contributed by atoms with E-state index < -0.39 is 0 Å². The third-order valence-corrected chi connectivity index (χ3v) is 5.43. The van der Waals surface area contributed by atoms with Gasteiger partial charge in [-0.25, -0.2) is 0 Å². The molecule has 0 saturated carbocycles. The molecule has 0 radical (unpaired) electrons. The van der Waals surface area contributed by atoms with E-state index in [-0.39, 0.29) is 0 Å². The fraction of sp³-hybridized carbons (Fsp3) is 0.200. The summed E-state index contributed by atoms with van der Waals surface area (Å²) in [5, 5.41) is 28.9. The van der Waals surface area contributed by atoms with Crippen LogP contribution >= 0.6 is 23.1 Å². The molecule has 1 aromatic carbocycles. The Hall–Kier alpha value is -2.59. The Balaban J connectivity index is 1.54. The quantitative estimate of drug-likeness (QED) is 0.573. The van der Waals surface area contributed by atoms with Gasteiger partial charge in [-0.15, -0.1) is 25.0 Å². The SMILES string of the molecule is CCc1cccc(C)c1Nc1nnc(Sc2ccc3nnnn3n2)s1. The van der Waals surface area contributed by atoms with Crippen molar-refractivity contribution in [2.75, 3.05) is 5.32 Å². The predicted molar refractivity (Wildman–Crippen MR) is 96.4 cm³/mol. The number of hydrogen-bond acceptors (Lipinski definition) is 9. The third-order valence-electron chi connectivity index (χ3n) is 3.62. The average Bonchev–Trinajstić information content (AvgIpc) is 3.25. The Bertz CT molecular complexity index is 1030. The molecule has 0 aliphatic rings. The summed E-state index contributed by atoms with van der Waals surface area (Å²) < 4.78 is 2.19. The van der Waals surface area contributed by atoms with Crippen molar-refractivity contribution in [3.63, 3.8) is 0 Å². The van der Waals surface area contributed by atoms with Gasteiger partial charge in [0, 0.05) is 5.69 Å². The second kappa shape index (κ2) is 6.73. The van der Waals surface area contributed by atoms with Crippen LogP contribution in [0.3, 0.4) is 0 Å². The summed E-state index contributed by atoms with van der Waals surface area (Å²) in [4.78, 5) is 0. The van der Waals surface area contributed by atoms with Gasteiger partial charge < -0.3 is 5.32 Å². The first-order chi connectivity index (χ1) is 12.2. The van der Waals surface area contributed by atoms with E-state index in [1.807, 2.05) is 12.1 Å². The normalized spacial score (nSPS) is 11.1. The van der Waals surface area contributed by atoms with Crippen molar-refractivity contribution in [2.45, 2.75) is 29.6 Å². The van der Waals surface area contributed by atoms with Gasteiger partial charge in [0.05, 0.1) is 0 Å². The van der Waals surface area contributed by atoms with Crippen molar-refractivity contribution in [3.8, 4) is 0 Å². The van der Waals surface area contributed by atoms with Crippen molar-refractivity contribution < 1.29 is 0 Å². The number of benzene rings is 1. The highest BCUT2D eigenvalue weighted by atomic mass is 32.2. The number of fused-ring (bicyclic) bond motifs is 1. The Morgan fingerprint density at radius 2 is 2.08 bits per heavy atom. The van der Waals surface area contributed by atoms with Gasteiger partial charge in [0.15, 0.2) is 9.99 Å². The first kappa shape index (κ1) is 15.9. The molecule has 0 bridgehead atoms. The lowest BCUT2D eigenvalue weighted by Crippen LogP contribution is -1.97. The minimum absolute atomic E-state index is 0.607. The highest BCUT2D eigenvalue weighted by Crippen LogP contribution is 2.33. The minimum Gasteiger partial charge on any atom is -0.330 e. The fourth-order valence-electron chi connectivity index (χ4n) is 2.39. The van der Waals surface area contributed by atoms with E-state index in [1.165, 1.54) is 38.9 Å². The highest BCUT2D eigenvalue weighted by Gasteiger charge is 2.11. The molecule has 0 unspecified atom stereocenters. The molecule has 0 atom stereocenters. The molecule has 4 aromatic rings. The smallest absolute Gasteiger partial charge is 0.210 e. The molecule has 4 rings (SSSR count). The predicted octanol–water partition coefficient (Wildman–Crippen LogP) is 3.14. The molecule has 8 nitrogen and oxygen atoms in total. The number of anilines is 2. The van der Waals surface area contributed by atoms with Crippen molar-refractivity contribution in [2.24, 2.45) is 0 Å². The number of tetrazole rings is 1. The molecule has 3 heterocycles. The minimum atomic E-state index is 0.607. The van der Waals surface area contributed by atoms with Gasteiger partial charge in [-0.1, -0.05) is 36.5 Å². The van der Waals surface area contributed by atoms with Crippen molar-refractivity contribution in [3.05, 3.63) is 41.5 Å². The van der Waals surface area contributed by atoms with E-state index in [4.69, 9.17) is 0 Å². The molecule has 1 N–H and O–H groups in total. The number of para-hydroxylation sites is 1. The Morgan fingerprint density at radius 1 is 1.16 bits per heavy atom. The largest absolute Gasteiger partial charge is 0.330 e. The first-order valence-corrected chi connectivity index (χ1v) is 9.28. The van der Waals surface area contributed by atoms with Gasteiger partial charge in [-0.3, -0.25) is 0 Å². The molecule has 0 saturated heterocycles. The van der Waals surface area contributed by atoms with Crippen LogP contribution in [0.5, 0.6) is 0 Å².